The number of carbonyl (C=O) groups is 1. The van der Waals surface area contributed by atoms with Crippen molar-refractivity contribution < 1.29 is 9.53 Å². The normalized spacial score (nSPS) is 10.2. The molecule has 1 aromatic carbocycles. The van der Waals surface area contributed by atoms with Crippen molar-refractivity contribution in [3.05, 3.63) is 46.1 Å². The van der Waals surface area contributed by atoms with E-state index in [1.54, 1.807) is 0 Å². The molecule has 6 heteroatoms. The second-order valence-corrected chi connectivity index (χ2v) is 5.06. The van der Waals surface area contributed by atoms with Gasteiger partial charge in [0.15, 0.2) is 5.82 Å². The summed E-state index contributed by atoms with van der Waals surface area (Å²) in [7, 11) is 1.31. The van der Waals surface area contributed by atoms with Gasteiger partial charge in [-0.05, 0) is 36.8 Å². The largest absolute Gasteiger partial charge is 0.465 e. The molecule has 0 unspecified atom stereocenters. The standard InChI is InChI=1S/C14H14BrN3O2/c1-8-7-9(3-4-11(8)15)18-13-12(16)10(5-6-17-13)14(19)20-2/h3-7H,16H2,1-2H3,(H,17,18). The topological polar surface area (TPSA) is 77.2 Å². The lowest BCUT2D eigenvalue weighted by Crippen LogP contribution is -2.09. The number of hydrogen-bond acceptors (Lipinski definition) is 5. The van der Waals surface area contributed by atoms with Gasteiger partial charge in [0.2, 0.25) is 0 Å². The summed E-state index contributed by atoms with van der Waals surface area (Å²) < 4.78 is 5.70. The fraction of sp³-hybridized carbons (Fsp3) is 0.143. The molecule has 20 heavy (non-hydrogen) atoms. The molecule has 0 spiro atoms. The number of ether oxygens (including phenoxy) is 1. The zero-order chi connectivity index (χ0) is 14.7. The molecule has 3 N–H and O–H groups in total. The zero-order valence-electron chi connectivity index (χ0n) is 11.1. The van der Waals surface area contributed by atoms with Crippen molar-refractivity contribution in [1.29, 1.82) is 0 Å². The van der Waals surface area contributed by atoms with Crippen LogP contribution in [0.15, 0.2) is 34.9 Å². The Morgan fingerprint density at radius 2 is 2.15 bits per heavy atom. The molecule has 0 saturated heterocycles. The van der Waals surface area contributed by atoms with Crippen molar-refractivity contribution in [2.24, 2.45) is 0 Å². The van der Waals surface area contributed by atoms with Gasteiger partial charge >= 0.3 is 5.97 Å². The number of benzene rings is 1. The molecule has 0 bridgehead atoms. The molecule has 0 aliphatic heterocycles. The van der Waals surface area contributed by atoms with Gasteiger partial charge < -0.3 is 15.8 Å². The maximum absolute atomic E-state index is 11.6. The number of hydrogen-bond donors (Lipinski definition) is 2. The third-order valence-electron chi connectivity index (χ3n) is 2.82. The molecule has 0 saturated carbocycles. The Morgan fingerprint density at radius 3 is 2.80 bits per heavy atom. The molecule has 1 aromatic heterocycles. The van der Waals surface area contributed by atoms with Gasteiger partial charge in [0.1, 0.15) is 0 Å². The summed E-state index contributed by atoms with van der Waals surface area (Å²) in [6.07, 6.45) is 1.51. The summed E-state index contributed by atoms with van der Waals surface area (Å²) in [4.78, 5) is 15.7. The highest BCUT2D eigenvalue weighted by atomic mass is 79.9. The summed E-state index contributed by atoms with van der Waals surface area (Å²) in [5, 5.41) is 3.09. The second kappa shape index (κ2) is 5.92. The minimum absolute atomic E-state index is 0.264. The Hall–Kier alpha value is -2.08. The maximum Gasteiger partial charge on any atom is 0.340 e. The van der Waals surface area contributed by atoms with E-state index in [9.17, 15) is 4.79 Å². The lowest BCUT2D eigenvalue weighted by atomic mass is 10.2. The van der Waals surface area contributed by atoms with Crippen LogP contribution in [-0.2, 0) is 4.74 Å². The first-order valence-corrected chi connectivity index (χ1v) is 6.68. The number of nitrogen functional groups attached to an aromatic ring is 1. The molecular weight excluding hydrogens is 322 g/mol. The number of nitrogens with zero attached hydrogens (tertiary/aromatic N) is 1. The number of halogens is 1. The van der Waals surface area contributed by atoms with Gasteiger partial charge in [-0.3, -0.25) is 0 Å². The quantitative estimate of drug-likeness (QED) is 0.842. The average Bonchev–Trinajstić information content (AvgIpc) is 2.44. The minimum Gasteiger partial charge on any atom is -0.465 e. The van der Waals surface area contributed by atoms with E-state index in [1.165, 1.54) is 19.4 Å². The number of aromatic nitrogens is 1. The smallest absolute Gasteiger partial charge is 0.340 e. The second-order valence-electron chi connectivity index (χ2n) is 4.20. The summed E-state index contributed by atoms with van der Waals surface area (Å²) in [5.41, 5.74) is 8.42. The lowest BCUT2D eigenvalue weighted by molar-refractivity contribution is 0.0602. The number of nitrogens with one attached hydrogen (secondary N) is 1. The third kappa shape index (κ3) is 2.91. The van der Waals surface area contributed by atoms with Gasteiger partial charge in [0, 0.05) is 16.4 Å². The van der Waals surface area contributed by atoms with Crippen LogP contribution in [0.3, 0.4) is 0 Å². The maximum atomic E-state index is 11.6. The predicted molar refractivity (Wildman–Crippen MR) is 82.2 cm³/mol. The number of nitrogens with two attached hydrogens (primary N) is 1. The van der Waals surface area contributed by atoms with E-state index in [1.807, 2.05) is 25.1 Å². The highest BCUT2D eigenvalue weighted by Crippen LogP contribution is 2.26. The van der Waals surface area contributed by atoms with Crippen LogP contribution < -0.4 is 11.1 Å². The van der Waals surface area contributed by atoms with E-state index in [-0.39, 0.29) is 5.69 Å². The van der Waals surface area contributed by atoms with Crippen LogP contribution in [0.1, 0.15) is 15.9 Å². The first-order valence-electron chi connectivity index (χ1n) is 5.89. The number of carbonyl (C=O) groups excluding carboxylic acids is 1. The fourth-order valence-electron chi connectivity index (χ4n) is 1.72. The van der Waals surface area contributed by atoms with Gasteiger partial charge in [0.25, 0.3) is 0 Å². The van der Waals surface area contributed by atoms with Crippen molar-refractivity contribution in [1.82, 2.24) is 4.98 Å². The molecule has 0 radical (unpaired) electrons. The van der Waals surface area contributed by atoms with E-state index in [0.717, 1.165) is 15.7 Å². The van der Waals surface area contributed by atoms with Gasteiger partial charge in [-0.1, -0.05) is 15.9 Å². The molecule has 2 aromatic rings. The Kier molecular flexibility index (Phi) is 4.24. The molecule has 0 aliphatic rings. The SMILES string of the molecule is COC(=O)c1ccnc(Nc2ccc(Br)c(C)c2)c1N. The first kappa shape index (κ1) is 14.3. The summed E-state index contributed by atoms with van der Waals surface area (Å²) in [6.45, 7) is 1.98. The van der Waals surface area contributed by atoms with Crippen molar-refractivity contribution in [3.63, 3.8) is 0 Å². The number of aryl methyl sites for hydroxylation is 1. The predicted octanol–water partition coefficient (Wildman–Crippen LogP) is 3.26. The van der Waals surface area contributed by atoms with Gasteiger partial charge in [-0.2, -0.15) is 0 Å². The number of pyridine rings is 1. The molecule has 0 atom stereocenters. The average molecular weight is 336 g/mol. The highest BCUT2D eigenvalue weighted by molar-refractivity contribution is 9.10. The van der Waals surface area contributed by atoms with E-state index >= 15 is 0 Å². The summed E-state index contributed by atoms with van der Waals surface area (Å²) in [5.74, 6) is -0.0606. The van der Waals surface area contributed by atoms with E-state index in [2.05, 4.69) is 31.0 Å². The van der Waals surface area contributed by atoms with Crippen LogP contribution in [-0.4, -0.2) is 18.1 Å². The van der Waals surface area contributed by atoms with Gasteiger partial charge in [-0.25, -0.2) is 9.78 Å². The third-order valence-corrected chi connectivity index (χ3v) is 3.71. The van der Waals surface area contributed by atoms with Crippen LogP contribution in [0.25, 0.3) is 0 Å². The van der Waals surface area contributed by atoms with E-state index < -0.39 is 5.97 Å². The highest BCUT2D eigenvalue weighted by Gasteiger charge is 2.14. The van der Waals surface area contributed by atoms with Crippen molar-refractivity contribution >= 4 is 39.1 Å². The van der Waals surface area contributed by atoms with Gasteiger partial charge in [-0.15, -0.1) is 0 Å². The van der Waals surface area contributed by atoms with Crippen LogP contribution in [0.5, 0.6) is 0 Å². The number of anilines is 3. The van der Waals surface area contributed by atoms with E-state index in [4.69, 9.17) is 5.73 Å². The van der Waals surface area contributed by atoms with Crippen LogP contribution in [0, 0.1) is 6.92 Å². The summed E-state index contributed by atoms with van der Waals surface area (Å²) >= 11 is 3.44. The molecular formula is C14H14BrN3O2. The van der Waals surface area contributed by atoms with Crippen LogP contribution in [0.4, 0.5) is 17.2 Å². The van der Waals surface area contributed by atoms with Crippen LogP contribution >= 0.6 is 15.9 Å². The monoisotopic (exact) mass is 335 g/mol. The molecule has 104 valence electrons. The molecule has 0 amide bonds. The Balaban J connectivity index is 2.34. The Labute approximate surface area is 125 Å². The van der Waals surface area contributed by atoms with Gasteiger partial charge in [0.05, 0.1) is 18.4 Å². The molecule has 2 rings (SSSR count). The molecule has 0 fully saturated rings. The Bertz CT molecular complexity index is 659. The number of esters is 1. The van der Waals surface area contributed by atoms with Crippen molar-refractivity contribution in [2.75, 3.05) is 18.2 Å². The fourth-order valence-corrected chi connectivity index (χ4v) is 1.97. The molecule has 0 aliphatic carbocycles. The number of methoxy groups -OCH3 is 1. The van der Waals surface area contributed by atoms with Crippen molar-refractivity contribution in [2.45, 2.75) is 6.92 Å². The minimum atomic E-state index is -0.486. The lowest BCUT2D eigenvalue weighted by Gasteiger charge is -2.11. The first-order chi connectivity index (χ1) is 9.52. The molecule has 1 heterocycles. The molecule has 5 nitrogen and oxygen atoms in total. The summed E-state index contributed by atoms with van der Waals surface area (Å²) in [6, 6.07) is 7.30. The number of rotatable bonds is 3. The van der Waals surface area contributed by atoms with Crippen LogP contribution in [0.2, 0.25) is 0 Å². The zero-order valence-corrected chi connectivity index (χ0v) is 12.7. The Morgan fingerprint density at radius 1 is 1.40 bits per heavy atom. The van der Waals surface area contributed by atoms with E-state index in [0.29, 0.717) is 11.4 Å². The van der Waals surface area contributed by atoms with Crippen molar-refractivity contribution in [3.8, 4) is 0 Å².